The number of rotatable bonds is 11. The topological polar surface area (TPSA) is 9.72 Å². The van der Waals surface area contributed by atoms with E-state index >= 15 is 0 Å². The molecule has 3 heteroatoms. The Bertz CT molecular complexity index is 2560. The van der Waals surface area contributed by atoms with Gasteiger partial charge in [-0.25, -0.2) is 0 Å². The molecule has 0 N–H and O–H groups in total. The summed E-state index contributed by atoms with van der Waals surface area (Å²) in [5, 5.41) is 2.44. The van der Waals surface area contributed by atoms with Gasteiger partial charge in [0.05, 0.1) is 0 Å². The third-order valence-corrected chi connectivity index (χ3v) is 9.94. The van der Waals surface area contributed by atoms with E-state index in [1.54, 1.807) is 0 Å². The van der Waals surface area contributed by atoms with Gasteiger partial charge in [-0.3, -0.25) is 0 Å². The second-order valence-corrected chi connectivity index (χ2v) is 13.6. The van der Waals surface area contributed by atoms with Crippen LogP contribution in [-0.2, 0) is 0 Å². The lowest BCUT2D eigenvalue weighted by Gasteiger charge is -2.29. The Morgan fingerprint density at radius 1 is 0.364 bits per heavy atom. The highest BCUT2D eigenvalue weighted by molar-refractivity contribution is 5.90. The van der Waals surface area contributed by atoms with Crippen LogP contribution in [0.25, 0.3) is 22.9 Å². The summed E-state index contributed by atoms with van der Waals surface area (Å²) in [5.74, 6) is 0. The Kier molecular flexibility index (Phi) is 10.1. The Labute approximate surface area is 325 Å². The van der Waals surface area contributed by atoms with Gasteiger partial charge < -0.3 is 14.7 Å². The van der Waals surface area contributed by atoms with Crippen molar-refractivity contribution in [1.82, 2.24) is 0 Å². The lowest BCUT2D eigenvalue weighted by atomic mass is 10.0. The number of benzene rings is 8. The molecule has 0 unspecified atom stereocenters. The smallest absolute Gasteiger partial charge is 0.0468 e. The molecule has 55 heavy (non-hydrogen) atoms. The summed E-state index contributed by atoms with van der Waals surface area (Å²) >= 11 is 0. The van der Waals surface area contributed by atoms with Gasteiger partial charge in [-0.15, -0.1) is 0 Å². The van der Waals surface area contributed by atoms with Crippen molar-refractivity contribution in [2.24, 2.45) is 0 Å². The van der Waals surface area contributed by atoms with Crippen LogP contribution in [0.2, 0.25) is 0 Å². The molecule has 266 valence electrons. The molecular formula is C52H43N3. The Balaban J connectivity index is 1.18. The number of allylic oxidation sites excluding steroid dienone is 1. The molecule has 0 amide bonds. The van der Waals surface area contributed by atoms with E-state index in [0.29, 0.717) is 0 Å². The highest BCUT2D eigenvalue weighted by Gasteiger charge is 2.18. The molecule has 0 atom stereocenters. The zero-order chi connectivity index (χ0) is 37.6. The first kappa shape index (κ1) is 35.0. The van der Waals surface area contributed by atoms with Gasteiger partial charge in [0.1, 0.15) is 0 Å². The summed E-state index contributed by atoms with van der Waals surface area (Å²) in [4.78, 5) is 6.94. The molecule has 0 saturated carbocycles. The van der Waals surface area contributed by atoms with Crippen LogP contribution >= 0.6 is 0 Å². The molecule has 0 spiro atoms. The molecule has 8 rings (SSSR count). The van der Waals surface area contributed by atoms with E-state index in [0.717, 1.165) is 62.3 Å². The van der Waals surface area contributed by atoms with Gasteiger partial charge in [0.25, 0.3) is 0 Å². The molecule has 0 aliphatic rings. The summed E-state index contributed by atoms with van der Waals surface area (Å²) in [7, 11) is 0. The van der Waals surface area contributed by atoms with Gasteiger partial charge in [0, 0.05) is 51.2 Å². The summed E-state index contributed by atoms with van der Waals surface area (Å²) < 4.78 is 0. The first-order chi connectivity index (χ1) is 27.1. The maximum Gasteiger partial charge on any atom is 0.0468 e. The van der Waals surface area contributed by atoms with Crippen LogP contribution in [0.1, 0.15) is 23.6 Å². The van der Waals surface area contributed by atoms with Crippen LogP contribution < -0.4 is 14.7 Å². The van der Waals surface area contributed by atoms with Crippen molar-refractivity contribution in [1.29, 1.82) is 0 Å². The average Bonchev–Trinajstić information content (AvgIpc) is 3.24. The predicted octanol–water partition coefficient (Wildman–Crippen LogP) is 15.2. The number of nitrogens with zero attached hydrogens (tertiary/aromatic N) is 3. The van der Waals surface area contributed by atoms with Gasteiger partial charge in [0.15, 0.2) is 0 Å². The lowest BCUT2D eigenvalue weighted by Crippen LogP contribution is -2.13. The maximum atomic E-state index is 4.11. The van der Waals surface area contributed by atoms with Crippen LogP contribution in [0, 0.1) is 6.92 Å². The first-order valence-electron chi connectivity index (χ1n) is 18.7. The van der Waals surface area contributed by atoms with E-state index < -0.39 is 0 Å². The van der Waals surface area contributed by atoms with Gasteiger partial charge in [0.2, 0.25) is 0 Å². The van der Waals surface area contributed by atoms with E-state index in [-0.39, 0.29) is 0 Å². The average molecular weight is 710 g/mol. The van der Waals surface area contributed by atoms with Crippen LogP contribution in [0.5, 0.6) is 0 Å². The van der Waals surface area contributed by atoms with E-state index in [9.17, 15) is 0 Å². The standard InChI is InChI=1S/C52H43N3/c1-4-14-41-23-27-51(37-40(41)5-2)54(44-17-8-6-9-18-44)49-33-29-47(30-34-49)53(46-25-21-39(3)22-26-46)48-31-35-50(36-32-48)55(45-19-10-7-11-20-45)52-28-24-42-15-12-13-16-43(42)38-52/h4-38H,2H2,1,3H3/b14-4-. The number of anilines is 9. The Morgan fingerprint density at radius 2 is 0.745 bits per heavy atom. The summed E-state index contributed by atoms with van der Waals surface area (Å²) in [6.07, 6.45) is 6.11. The molecule has 3 nitrogen and oxygen atoms in total. The molecule has 8 aromatic rings. The SMILES string of the molecule is C=Cc1cc(N(c2ccccc2)c2ccc(N(c3ccc(C)cc3)c3ccc(N(c4ccccc4)c4ccc5ccccc5c4)cc3)cc2)ccc1/C=C\C. The maximum absolute atomic E-state index is 4.11. The van der Waals surface area contributed by atoms with E-state index in [1.165, 1.54) is 16.3 Å². The minimum atomic E-state index is 1.07. The number of aryl methyl sites for hydroxylation is 1. The highest BCUT2D eigenvalue weighted by atomic mass is 15.2. The largest absolute Gasteiger partial charge is 0.311 e. The van der Waals surface area contributed by atoms with Crippen molar-refractivity contribution < 1.29 is 0 Å². The number of hydrogen-bond donors (Lipinski definition) is 0. The third-order valence-electron chi connectivity index (χ3n) is 9.94. The van der Waals surface area contributed by atoms with Crippen molar-refractivity contribution in [3.63, 3.8) is 0 Å². The molecule has 0 bridgehead atoms. The molecule has 0 fully saturated rings. The molecule has 0 heterocycles. The summed E-state index contributed by atoms with van der Waals surface area (Å²) in [6, 6.07) is 69.3. The first-order valence-corrected chi connectivity index (χ1v) is 18.7. The predicted molar refractivity (Wildman–Crippen MR) is 238 cm³/mol. The lowest BCUT2D eigenvalue weighted by molar-refractivity contribution is 1.24. The zero-order valence-corrected chi connectivity index (χ0v) is 31.3. The second kappa shape index (κ2) is 15.9. The van der Waals surface area contributed by atoms with Crippen molar-refractivity contribution in [3.8, 4) is 0 Å². The molecule has 0 aliphatic heterocycles. The fraction of sp³-hybridized carbons (Fsp3) is 0.0385. The molecule has 0 aromatic heterocycles. The van der Waals surface area contributed by atoms with Crippen LogP contribution in [0.3, 0.4) is 0 Å². The van der Waals surface area contributed by atoms with E-state index in [4.69, 9.17) is 0 Å². The molecule has 0 saturated heterocycles. The minimum Gasteiger partial charge on any atom is -0.311 e. The van der Waals surface area contributed by atoms with Gasteiger partial charge in [-0.2, -0.15) is 0 Å². The monoisotopic (exact) mass is 709 g/mol. The summed E-state index contributed by atoms with van der Waals surface area (Å²) in [6.45, 7) is 8.28. The van der Waals surface area contributed by atoms with Gasteiger partial charge in [-0.05, 0) is 145 Å². The Morgan fingerprint density at radius 3 is 1.24 bits per heavy atom. The van der Waals surface area contributed by atoms with Crippen molar-refractivity contribution >= 4 is 74.1 Å². The highest BCUT2D eigenvalue weighted by Crippen LogP contribution is 2.42. The fourth-order valence-corrected chi connectivity index (χ4v) is 7.22. The molecule has 0 aliphatic carbocycles. The van der Waals surface area contributed by atoms with Crippen molar-refractivity contribution in [3.05, 3.63) is 223 Å². The normalized spacial score (nSPS) is 11.1. The van der Waals surface area contributed by atoms with Gasteiger partial charge >= 0.3 is 0 Å². The summed E-state index contributed by atoms with van der Waals surface area (Å²) in [5.41, 5.74) is 13.2. The van der Waals surface area contributed by atoms with Crippen molar-refractivity contribution in [2.45, 2.75) is 13.8 Å². The minimum absolute atomic E-state index is 1.07. The molecule has 8 aromatic carbocycles. The van der Waals surface area contributed by atoms with E-state index in [2.05, 4.69) is 234 Å². The quantitative estimate of drug-likeness (QED) is 0.132. The number of para-hydroxylation sites is 2. The number of fused-ring (bicyclic) bond motifs is 1. The Hall–Kier alpha value is -7.10. The molecule has 0 radical (unpaired) electrons. The van der Waals surface area contributed by atoms with Gasteiger partial charge in [-0.1, -0.05) is 115 Å². The van der Waals surface area contributed by atoms with Crippen LogP contribution in [0.4, 0.5) is 51.2 Å². The zero-order valence-electron chi connectivity index (χ0n) is 31.3. The van der Waals surface area contributed by atoms with E-state index in [1.807, 2.05) is 13.0 Å². The molecular weight excluding hydrogens is 667 g/mol. The van der Waals surface area contributed by atoms with Crippen LogP contribution in [0.15, 0.2) is 207 Å². The van der Waals surface area contributed by atoms with Crippen molar-refractivity contribution in [2.75, 3.05) is 14.7 Å². The number of hydrogen-bond acceptors (Lipinski definition) is 3. The van der Waals surface area contributed by atoms with Crippen LogP contribution in [-0.4, -0.2) is 0 Å². The second-order valence-electron chi connectivity index (χ2n) is 13.6. The fourth-order valence-electron chi connectivity index (χ4n) is 7.22. The third kappa shape index (κ3) is 7.42.